The van der Waals surface area contributed by atoms with E-state index < -0.39 is 5.97 Å². The maximum absolute atomic E-state index is 12.9. The highest BCUT2D eigenvalue weighted by Crippen LogP contribution is 2.54. The van der Waals surface area contributed by atoms with E-state index in [4.69, 9.17) is 4.74 Å². The molecule has 0 saturated heterocycles. The first-order valence-corrected chi connectivity index (χ1v) is 14.0. The second kappa shape index (κ2) is 10.6. The number of aromatic nitrogens is 3. The molecule has 1 aromatic carbocycles. The van der Waals surface area contributed by atoms with Gasteiger partial charge in [-0.25, -0.2) is 4.79 Å². The van der Waals surface area contributed by atoms with Gasteiger partial charge >= 0.3 is 5.97 Å². The number of benzene rings is 1. The van der Waals surface area contributed by atoms with Crippen molar-refractivity contribution in [1.29, 1.82) is 0 Å². The van der Waals surface area contributed by atoms with Gasteiger partial charge in [0.05, 0.1) is 18.4 Å². The normalized spacial score (nSPS) is 20.4. The Morgan fingerprint density at radius 1 is 1.28 bits per heavy atom. The van der Waals surface area contributed by atoms with Gasteiger partial charge in [-0.15, -0.1) is 28.1 Å². The van der Waals surface area contributed by atoms with Gasteiger partial charge in [-0.3, -0.25) is 4.79 Å². The van der Waals surface area contributed by atoms with Gasteiger partial charge in [0, 0.05) is 17.3 Å². The number of ether oxygens (including phenoxy) is 1. The number of rotatable bonds is 9. The Balaban J connectivity index is 1.28. The number of nitrogens with one attached hydrogen (secondary N) is 1. The van der Waals surface area contributed by atoms with E-state index in [0.717, 1.165) is 37.1 Å². The fraction of sp³-hybridized carbons (Fsp3) is 0.407. The Bertz CT molecular complexity index is 1280. The number of thioether (sulfide) groups is 1. The molecule has 1 N–H and O–H groups in total. The molecule has 9 heteroatoms. The van der Waals surface area contributed by atoms with Gasteiger partial charge in [0.1, 0.15) is 10.8 Å². The SMILES string of the molecule is C=CCn1c(SCC(=O)Nc2sc3c(c2C(=O)OC)CCC(C)C3)nnc1C1CC1c1ccccc1. The molecular formula is C27H30N4O3S2. The molecule has 3 unspecified atom stereocenters. The minimum absolute atomic E-state index is 0.168. The van der Waals surface area contributed by atoms with Crippen LogP contribution in [0.15, 0.2) is 48.1 Å². The minimum atomic E-state index is -0.391. The van der Waals surface area contributed by atoms with Crippen molar-refractivity contribution in [2.75, 3.05) is 18.2 Å². The number of hydrogen-bond acceptors (Lipinski definition) is 7. The third-order valence-corrected chi connectivity index (χ3v) is 9.03. The first-order chi connectivity index (χ1) is 17.5. The molecule has 2 heterocycles. The van der Waals surface area contributed by atoms with E-state index in [9.17, 15) is 9.59 Å². The smallest absolute Gasteiger partial charge is 0.341 e. The standard InChI is InChI=1S/C27H30N4O3S2/c1-4-12-31-24(20-14-19(20)17-8-6-5-7-9-17)29-30-27(31)35-15-22(32)28-25-23(26(33)34-3)18-11-10-16(2)13-21(18)36-25/h4-9,16,19-20H,1,10-15H2,2-3H3,(H,28,32). The van der Waals surface area contributed by atoms with Crippen LogP contribution in [0.25, 0.3) is 0 Å². The zero-order valence-electron chi connectivity index (χ0n) is 20.5. The van der Waals surface area contributed by atoms with Crippen molar-refractivity contribution in [3.63, 3.8) is 0 Å². The van der Waals surface area contributed by atoms with Crippen LogP contribution in [0.1, 0.15) is 63.8 Å². The lowest BCUT2D eigenvalue weighted by molar-refractivity contribution is -0.113. The Labute approximate surface area is 219 Å². The zero-order chi connectivity index (χ0) is 25.2. The molecule has 3 atom stereocenters. The van der Waals surface area contributed by atoms with Gasteiger partial charge in [0.15, 0.2) is 5.16 Å². The van der Waals surface area contributed by atoms with E-state index in [1.54, 1.807) is 0 Å². The lowest BCUT2D eigenvalue weighted by atomic mass is 9.88. The highest BCUT2D eigenvalue weighted by atomic mass is 32.2. The van der Waals surface area contributed by atoms with E-state index in [1.807, 2.05) is 12.1 Å². The number of methoxy groups -OCH3 is 1. The highest BCUT2D eigenvalue weighted by molar-refractivity contribution is 7.99. The van der Waals surface area contributed by atoms with Crippen LogP contribution in [0.5, 0.6) is 0 Å². The maximum atomic E-state index is 12.9. The van der Waals surface area contributed by atoms with Gasteiger partial charge in [-0.1, -0.05) is 55.1 Å². The number of amides is 1. The first kappa shape index (κ1) is 24.8. The van der Waals surface area contributed by atoms with Crippen LogP contribution >= 0.6 is 23.1 Å². The van der Waals surface area contributed by atoms with Crippen molar-refractivity contribution >= 4 is 40.0 Å². The number of carbonyl (C=O) groups excluding carboxylic acids is 2. The van der Waals surface area contributed by atoms with E-state index in [1.165, 1.54) is 40.6 Å². The summed E-state index contributed by atoms with van der Waals surface area (Å²) < 4.78 is 7.09. The largest absolute Gasteiger partial charge is 0.465 e. The lowest BCUT2D eigenvalue weighted by Crippen LogP contribution is -2.17. The van der Waals surface area contributed by atoms with Gasteiger partial charge < -0.3 is 14.6 Å². The number of hydrogen-bond donors (Lipinski definition) is 1. The molecule has 1 saturated carbocycles. The summed E-state index contributed by atoms with van der Waals surface area (Å²) in [5.74, 6) is 1.88. The minimum Gasteiger partial charge on any atom is -0.465 e. The molecule has 36 heavy (non-hydrogen) atoms. The molecule has 5 rings (SSSR count). The summed E-state index contributed by atoms with van der Waals surface area (Å²) >= 11 is 2.85. The Morgan fingerprint density at radius 3 is 2.83 bits per heavy atom. The molecule has 0 radical (unpaired) electrons. The van der Waals surface area contributed by atoms with Gasteiger partial charge in [-0.2, -0.15) is 0 Å². The number of fused-ring (bicyclic) bond motifs is 1. The third-order valence-electron chi connectivity index (χ3n) is 6.89. The van der Waals surface area contributed by atoms with E-state index >= 15 is 0 Å². The number of allylic oxidation sites excluding steroid dienone is 1. The third kappa shape index (κ3) is 4.99. The van der Waals surface area contributed by atoms with Crippen LogP contribution < -0.4 is 5.32 Å². The summed E-state index contributed by atoms with van der Waals surface area (Å²) in [6.45, 7) is 6.69. The quantitative estimate of drug-likeness (QED) is 0.229. The van der Waals surface area contributed by atoms with Gasteiger partial charge in [-0.05, 0) is 48.6 Å². The van der Waals surface area contributed by atoms with E-state index in [-0.39, 0.29) is 11.7 Å². The summed E-state index contributed by atoms with van der Waals surface area (Å²) in [6.07, 6.45) is 5.66. The van der Waals surface area contributed by atoms with Crippen LogP contribution in [-0.4, -0.2) is 39.5 Å². The Hall–Kier alpha value is -2.91. The fourth-order valence-corrected chi connectivity index (χ4v) is 7.15. The molecule has 2 aliphatic rings. The van der Waals surface area contributed by atoms with Crippen molar-refractivity contribution in [1.82, 2.24) is 14.8 Å². The predicted molar refractivity (Wildman–Crippen MR) is 143 cm³/mol. The molecule has 0 bridgehead atoms. The summed E-state index contributed by atoms with van der Waals surface area (Å²) in [4.78, 5) is 26.6. The van der Waals surface area contributed by atoms with Crippen molar-refractivity contribution in [2.24, 2.45) is 5.92 Å². The van der Waals surface area contributed by atoms with Crippen LogP contribution in [0, 0.1) is 5.92 Å². The molecule has 2 aliphatic carbocycles. The maximum Gasteiger partial charge on any atom is 0.341 e. The molecule has 0 aliphatic heterocycles. The second-order valence-electron chi connectivity index (χ2n) is 9.48. The number of anilines is 1. The number of thiophene rings is 1. The number of carbonyl (C=O) groups is 2. The summed E-state index contributed by atoms with van der Waals surface area (Å²) in [5, 5.41) is 13.1. The lowest BCUT2D eigenvalue weighted by Gasteiger charge is -2.18. The van der Waals surface area contributed by atoms with Crippen LogP contribution in [0.4, 0.5) is 5.00 Å². The molecule has 7 nitrogen and oxygen atoms in total. The molecule has 1 fully saturated rings. The monoisotopic (exact) mass is 522 g/mol. The van der Waals surface area contributed by atoms with E-state index in [0.29, 0.717) is 40.0 Å². The molecular weight excluding hydrogens is 492 g/mol. The Morgan fingerprint density at radius 2 is 2.08 bits per heavy atom. The zero-order valence-corrected chi connectivity index (χ0v) is 22.2. The van der Waals surface area contributed by atoms with Gasteiger partial charge in [0.25, 0.3) is 0 Å². The van der Waals surface area contributed by atoms with E-state index in [2.05, 4.69) is 57.8 Å². The number of esters is 1. The fourth-order valence-electron chi connectivity index (χ4n) is 4.98. The average molecular weight is 523 g/mol. The van der Waals surface area contributed by atoms with Crippen molar-refractivity contribution in [2.45, 2.75) is 56.1 Å². The average Bonchev–Trinajstić information content (AvgIpc) is 3.46. The Kier molecular flexibility index (Phi) is 7.29. The molecule has 3 aromatic rings. The van der Waals surface area contributed by atoms with Crippen LogP contribution in [0.3, 0.4) is 0 Å². The summed E-state index contributed by atoms with van der Waals surface area (Å²) in [7, 11) is 1.38. The molecule has 0 spiro atoms. The highest BCUT2D eigenvalue weighted by Gasteiger charge is 2.43. The molecule has 1 amide bonds. The second-order valence-corrected chi connectivity index (χ2v) is 11.5. The summed E-state index contributed by atoms with van der Waals surface area (Å²) in [5.41, 5.74) is 2.86. The van der Waals surface area contributed by atoms with Crippen LogP contribution in [0.2, 0.25) is 0 Å². The number of nitrogens with zero attached hydrogens (tertiary/aromatic N) is 3. The molecule has 2 aromatic heterocycles. The predicted octanol–water partition coefficient (Wildman–Crippen LogP) is 5.44. The molecule has 188 valence electrons. The van der Waals surface area contributed by atoms with Gasteiger partial charge in [0.2, 0.25) is 5.91 Å². The van der Waals surface area contributed by atoms with Crippen molar-refractivity contribution < 1.29 is 14.3 Å². The first-order valence-electron chi connectivity index (χ1n) is 12.2. The van der Waals surface area contributed by atoms with Crippen LogP contribution in [-0.2, 0) is 28.9 Å². The topological polar surface area (TPSA) is 86.1 Å². The summed E-state index contributed by atoms with van der Waals surface area (Å²) in [6, 6.07) is 10.5. The van der Waals surface area contributed by atoms with Crippen molar-refractivity contribution in [3.05, 3.63) is 70.4 Å². The van der Waals surface area contributed by atoms with Crippen molar-refractivity contribution in [3.8, 4) is 0 Å².